The van der Waals surface area contributed by atoms with Gasteiger partial charge in [-0.1, -0.05) is 63.6 Å². The van der Waals surface area contributed by atoms with Gasteiger partial charge in [0.1, 0.15) is 5.82 Å². The molecule has 2 heteroatoms. The summed E-state index contributed by atoms with van der Waals surface area (Å²) in [5.74, 6) is 1.44. The SMILES string of the molecule is CCC[C@]1(CCCCC2CCC(c3cc(F)ccc3C)CC2)CC[C@H]([SiH2]C)CC1. The molecule has 0 heterocycles. The van der Waals surface area contributed by atoms with Gasteiger partial charge >= 0.3 is 0 Å². The van der Waals surface area contributed by atoms with E-state index in [0.717, 1.165) is 11.5 Å². The lowest BCUT2D eigenvalue weighted by Gasteiger charge is -2.40. The van der Waals surface area contributed by atoms with Gasteiger partial charge in [-0.25, -0.2) is 4.39 Å². The number of benzene rings is 1. The maximum atomic E-state index is 13.7. The van der Waals surface area contributed by atoms with E-state index in [2.05, 4.69) is 20.4 Å². The number of rotatable bonds is 9. The molecule has 0 bridgehead atoms. The van der Waals surface area contributed by atoms with E-state index in [-0.39, 0.29) is 15.3 Å². The number of unbranched alkanes of at least 4 members (excludes halogenated alkanes) is 1. The Bertz CT molecular complexity index is 609. The first-order valence-corrected chi connectivity index (χ1v) is 15.0. The highest BCUT2D eigenvalue weighted by molar-refractivity contribution is 6.35. The van der Waals surface area contributed by atoms with Crippen molar-refractivity contribution in [2.24, 2.45) is 11.3 Å². The Balaban J connectivity index is 1.38. The van der Waals surface area contributed by atoms with Gasteiger partial charge in [0.15, 0.2) is 0 Å². The minimum atomic E-state index is -0.0657. The summed E-state index contributed by atoms with van der Waals surface area (Å²) in [5.41, 5.74) is 4.41. The molecule has 0 saturated heterocycles. The predicted octanol–water partition coefficient (Wildman–Crippen LogP) is 8.33. The summed E-state index contributed by atoms with van der Waals surface area (Å²) >= 11 is 0. The van der Waals surface area contributed by atoms with E-state index in [9.17, 15) is 4.39 Å². The van der Waals surface area contributed by atoms with Gasteiger partial charge < -0.3 is 0 Å². The topological polar surface area (TPSA) is 0 Å². The molecule has 1 aromatic carbocycles. The highest BCUT2D eigenvalue weighted by Crippen LogP contribution is 2.48. The second-order valence-corrected chi connectivity index (χ2v) is 12.5. The molecule has 164 valence electrons. The zero-order valence-electron chi connectivity index (χ0n) is 19.4. The Morgan fingerprint density at radius 2 is 1.72 bits per heavy atom. The Labute approximate surface area is 182 Å². The van der Waals surface area contributed by atoms with Crippen molar-refractivity contribution in [3.63, 3.8) is 0 Å². The van der Waals surface area contributed by atoms with Gasteiger partial charge in [0, 0.05) is 9.52 Å². The fraction of sp³-hybridized carbons (Fsp3) is 0.778. The molecule has 0 spiro atoms. The fourth-order valence-corrected chi connectivity index (χ4v) is 7.82. The van der Waals surface area contributed by atoms with Crippen LogP contribution in [0, 0.1) is 24.1 Å². The van der Waals surface area contributed by atoms with Gasteiger partial charge in [0.2, 0.25) is 0 Å². The normalized spacial score (nSPS) is 30.8. The van der Waals surface area contributed by atoms with Gasteiger partial charge in [0.25, 0.3) is 0 Å². The van der Waals surface area contributed by atoms with E-state index in [4.69, 9.17) is 0 Å². The van der Waals surface area contributed by atoms with Crippen molar-refractivity contribution in [2.45, 2.75) is 122 Å². The highest BCUT2D eigenvalue weighted by Gasteiger charge is 2.33. The summed E-state index contributed by atoms with van der Waals surface area (Å²) in [7, 11) is 0.219. The first-order valence-electron chi connectivity index (χ1n) is 12.8. The quantitative estimate of drug-likeness (QED) is 0.280. The monoisotopic (exact) mass is 416 g/mol. The Hall–Kier alpha value is -0.633. The average molecular weight is 417 g/mol. The zero-order valence-corrected chi connectivity index (χ0v) is 20.9. The maximum absolute atomic E-state index is 13.7. The third-order valence-electron chi connectivity index (χ3n) is 8.62. The van der Waals surface area contributed by atoms with Crippen LogP contribution >= 0.6 is 0 Å². The lowest BCUT2D eigenvalue weighted by molar-refractivity contribution is 0.148. The molecule has 2 aliphatic carbocycles. The lowest BCUT2D eigenvalue weighted by atomic mass is 9.68. The highest BCUT2D eigenvalue weighted by atomic mass is 28.2. The molecule has 29 heavy (non-hydrogen) atoms. The second-order valence-electron chi connectivity index (χ2n) is 10.6. The van der Waals surface area contributed by atoms with Gasteiger partial charge in [0.05, 0.1) is 0 Å². The van der Waals surface area contributed by atoms with Crippen LogP contribution in [-0.2, 0) is 0 Å². The van der Waals surface area contributed by atoms with Crippen molar-refractivity contribution >= 4 is 9.52 Å². The molecule has 1 aromatic rings. The number of halogens is 1. The summed E-state index contributed by atoms with van der Waals surface area (Å²) in [6, 6.07) is 5.36. The van der Waals surface area contributed by atoms with E-state index in [1.807, 2.05) is 6.07 Å². The third kappa shape index (κ3) is 6.42. The van der Waals surface area contributed by atoms with Crippen LogP contribution in [-0.4, -0.2) is 9.52 Å². The van der Waals surface area contributed by atoms with Gasteiger partial charge in [-0.15, -0.1) is 0 Å². The number of aryl methyl sites for hydroxylation is 1. The summed E-state index contributed by atoms with van der Waals surface area (Å²) in [5, 5.41) is 0. The summed E-state index contributed by atoms with van der Waals surface area (Å²) in [6.07, 6.45) is 20.1. The largest absolute Gasteiger partial charge is 0.207 e. The van der Waals surface area contributed by atoms with Gasteiger partial charge in [-0.3, -0.25) is 0 Å². The van der Waals surface area contributed by atoms with Gasteiger partial charge in [-0.2, -0.15) is 0 Å². The molecule has 0 amide bonds. The third-order valence-corrected chi connectivity index (χ3v) is 10.6. The van der Waals surface area contributed by atoms with Crippen molar-refractivity contribution in [1.29, 1.82) is 0 Å². The van der Waals surface area contributed by atoms with Crippen LogP contribution in [0.5, 0.6) is 0 Å². The van der Waals surface area contributed by atoms with Crippen LogP contribution in [0.4, 0.5) is 4.39 Å². The smallest absolute Gasteiger partial charge is 0.123 e. The Morgan fingerprint density at radius 3 is 2.38 bits per heavy atom. The number of hydrogen-bond acceptors (Lipinski definition) is 0. The summed E-state index contributed by atoms with van der Waals surface area (Å²) in [6.45, 7) is 7.05. The van der Waals surface area contributed by atoms with E-state index in [1.165, 1.54) is 88.2 Å². The second kappa shape index (κ2) is 11.1. The van der Waals surface area contributed by atoms with E-state index < -0.39 is 0 Å². The molecule has 0 aliphatic heterocycles. The molecule has 2 fully saturated rings. The van der Waals surface area contributed by atoms with E-state index in [0.29, 0.717) is 11.3 Å². The summed E-state index contributed by atoms with van der Waals surface area (Å²) < 4.78 is 13.7. The zero-order chi connectivity index (χ0) is 20.7. The maximum Gasteiger partial charge on any atom is 0.123 e. The fourth-order valence-electron chi connectivity index (χ4n) is 6.60. The van der Waals surface area contributed by atoms with E-state index >= 15 is 0 Å². The Kier molecular flexibility index (Phi) is 8.83. The standard InChI is InChI=1S/C27H45FSi/c1-4-16-27(18-14-25(29-3)15-19-27)17-6-5-7-22-9-11-23(12-10-22)26-20-24(28)13-8-21(26)2/h8,13,20,22-23,25H,4-7,9-12,14-19,29H2,1-3H3/t22?,23?,25-,27-. The van der Waals surface area contributed by atoms with Crippen molar-refractivity contribution in [2.75, 3.05) is 0 Å². The predicted molar refractivity (Wildman–Crippen MR) is 128 cm³/mol. The van der Waals surface area contributed by atoms with Crippen LogP contribution < -0.4 is 0 Å². The van der Waals surface area contributed by atoms with E-state index in [1.54, 1.807) is 25.0 Å². The molecule has 0 N–H and O–H groups in total. The minimum Gasteiger partial charge on any atom is -0.207 e. The first-order chi connectivity index (χ1) is 14.0. The van der Waals surface area contributed by atoms with Crippen LogP contribution in [0.1, 0.15) is 114 Å². The lowest BCUT2D eigenvalue weighted by Crippen LogP contribution is -2.27. The molecule has 3 rings (SSSR count). The molecule has 0 atom stereocenters. The molecular weight excluding hydrogens is 371 g/mol. The van der Waals surface area contributed by atoms with Crippen LogP contribution in [0.15, 0.2) is 18.2 Å². The van der Waals surface area contributed by atoms with Crippen LogP contribution in [0.3, 0.4) is 0 Å². The van der Waals surface area contributed by atoms with Crippen LogP contribution in [0.25, 0.3) is 0 Å². The van der Waals surface area contributed by atoms with Crippen molar-refractivity contribution in [3.8, 4) is 0 Å². The molecule has 2 aliphatic rings. The summed E-state index contributed by atoms with van der Waals surface area (Å²) in [4.78, 5) is 0. The molecule has 0 unspecified atom stereocenters. The molecule has 0 radical (unpaired) electrons. The Morgan fingerprint density at radius 1 is 1.00 bits per heavy atom. The molecular formula is C27H45FSi. The van der Waals surface area contributed by atoms with Gasteiger partial charge in [-0.05, 0) is 98.8 Å². The van der Waals surface area contributed by atoms with Crippen molar-refractivity contribution in [1.82, 2.24) is 0 Å². The molecule has 0 aromatic heterocycles. The molecule has 2 saturated carbocycles. The minimum absolute atomic E-state index is 0.0657. The number of hydrogen-bond donors (Lipinski definition) is 0. The van der Waals surface area contributed by atoms with Crippen molar-refractivity contribution in [3.05, 3.63) is 35.1 Å². The molecule has 0 nitrogen and oxygen atoms in total. The average Bonchev–Trinajstić information content (AvgIpc) is 2.74. The first kappa shape index (κ1) is 23.0. The van der Waals surface area contributed by atoms with Crippen molar-refractivity contribution < 1.29 is 4.39 Å². The van der Waals surface area contributed by atoms with Crippen LogP contribution in [0.2, 0.25) is 12.1 Å².